The third-order valence-corrected chi connectivity index (χ3v) is 15.1. The molecular formula is C67H59Cl5N16O8. The lowest BCUT2D eigenvalue weighted by Crippen LogP contribution is -2.02. The van der Waals surface area contributed by atoms with Gasteiger partial charge in [0.2, 0.25) is 0 Å². The molecule has 0 spiro atoms. The number of rotatable bonds is 7. The molecule has 0 aliphatic rings. The fourth-order valence-corrected chi connectivity index (χ4v) is 10.2. The summed E-state index contributed by atoms with van der Waals surface area (Å²) in [7, 11) is 6.62. The van der Waals surface area contributed by atoms with E-state index in [9.17, 15) is 25.0 Å². The Bertz CT molecular complexity index is 5020. The number of pyridine rings is 2. The molecule has 0 atom stereocenters. The van der Waals surface area contributed by atoms with Crippen LogP contribution in [-0.2, 0) is 36.5 Å². The van der Waals surface area contributed by atoms with Crippen molar-refractivity contribution in [2.45, 2.75) is 33.6 Å². The van der Waals surface area contributed by atoms with Crippen molar-refractivity contribution in [1.82, 2.24) is 59.0 Å². The number of methoxy groups -OCH3 is 1. The zero-order valence-electron chi connectivity index (χ0n) is 52.3. The van der Waals surface area contributed by atoms with Gasteiger partial charge in [-0.05, 0) is 129 Å². The van der Waals surface area contributed by atoms with E-state index >= 15 is 0 Å². The van der Waals surface area contributed by atoms with Crippen molar-refractivity contribution in [2.24, 2.45) is 14.1 Å². The number of ether oxygens (including phenoxy) is 1. The number of para-hydroxylation sites is 5. The number of aliphatic hydroxyl groups excluding tert-OH is 1. The molecule has 7 aromatic carbocycles. The summed E-state index contributed by atoms with van der Waals surface area (Å²) in [5.74, 6) is 0.590. The zero-order valence-corrected chi connectivity index (χ0v) is 56.0. The number of nitrogen functional groups attached to an aromatic ring is 2. The number of anilines is 2. The number of halogens is 5. The van der Waals surface area contributed by atoms with Crippen molar-refractivity contribution in [1.29, 1.82) is 0 Å². The molecule has 490 valence electrons. The molecule has 0 amide bonds. The Balaban J connectivity index is 0.000000165. The predicted octanol–water partition coefficient (Wildman–Crippen LogP) is 14.9. The van der Waals surface area contributed by atoms with E-state index in [0.717, 1.165) is 120 Å². The minimum Gasteiger partial charge on any atom is -0.468 e. The van der Waals surface area contributed by atoms with Crippen LogP contribution < -0.4 is 16.2 Å². The van der Waals surface area contributed by atoms with Crippen LogP contribution in [0.5, 0.6) is 6.01 Å². The summed E-state index contributed by atoms with van der Waals surface area (Å²) in [5.41, 5.74) is 23.8. The number of aldehydes is 1. The molecule has 24 nitrogen and oxygen atoms in total. The van der Waals surface area contributed by atoms with Crippen LogP contribution in [0.15, 0.2) is 171 Å². The number of nitro benzene ring substituents is 2. The second kappa shape index (κ2) is 34.4. The number of ketones is 1. The maximum absolute atomic E-state index is 10.3. The Labute approximate surface area is 572 Å². The average molecular weight is 1390 g/mol. The highest BCUT2D eigenvalue weighted by atomic mass is 35.5. The summed E-state index contributed by atoms with van der Waals surface area (Å²) in [5, 5.41) is 31.8. The van der Waals surface area contributed by atoms with E-state index < -0.39 is 15.6 Å². The summed E-state index contributed by atoms with van der Waals surface area (Å²) >= 11 is 29.1. The van der Waals surface area contributed by atoms with E-state index in [2.05, 4.69) is 68.6 Å². The zero-order chi connectivity index (χ0) is 69.8. The number of nitrogens with zero attached hydrogens (tertiary/aromatic N) is 14. The maximum Gasteiger partial charge on any atom is 0.310 e. The number of imidazole rings is 2. The lowest BCUT2D eigenvalue weighted by Gasteiger charge is -2.04. The van der Waals surface area contributed by atoms with Crippen LogP contribution >= 0.6 is 58.0 Å². The number of benzene rings is 7. The number of carbonyl (C=O) groups is 2. The molecule has 14 aromatic rings. The first-order valence-corrected chi connectivity index (χ1v) is 30.3. The third kappa shape index (κ3) is 18.3. The fraction of sp³-hybridized carbons (Fsp3) is 0.134. The second-order valence-electron chi connectivity index (χ2n) is 20.1. The first-order valence-electron chi connectivity index (χ1n) is 28.4. The van der Waals surface area contributed by atoms with Crippen molar-refractivity contribution >= 4 is 170 Å². The summed E-state index contributed by atoms with van der Waals surface area (Å²) < 4.78 is 9.28. The Morgan fingerprint density at radius 1 is 0.510 bits per heavy atom. The first kappa shape index (κ1) is 72.7. The molecule has 14 rings (SSSR count). The first-order chi connectivity index (χ1) is 46.1. The molecule has 5 N–H and O–H groups in total. The molecule has 0 unspecified atom stereocenters. The fourth-order valence-electron chi connectivity index (χ4n) is 9.08. The van der Waals surface area contributed by atoms with E-state index in [4.69, 9.17) is 89.1 Å². The molecule has 0 saturated carbocycles. The van der Waals surface area contributed by atoms with E-state index in [1.165, 1.54) is 31.2 Å². The topological polar surface area (TPSA) is 341 Å². The van der Waals surface area contributed by atoms with Gasteiger partial charge in [-0.15, -0.1) is 0 Å². The number of aliphatic hydroxyl groups is 1. The number of carbonyl (C=O) groups excluding carboxylic acids is 2. The second-order valence-corrected chi connectivity index (χ2v) is 22.1. The van der Waals surface area contributed by atoms with Gasteiger partial charge < -0.3 is 25.9 Å². The van der Waals surface area contributed by atoms with E-state index in [1.54, 1.807) is 37.8 Å². The molecule has 96 heavy (non-hydrogen) atoms. The Hall–Kier alpha value is -10.7. The van der Waals surface area contributed by atoms with Gasteiger partial charge in [0.15, 0.2) is 12.1 Å². The number of nitrogens with two attached hydrogens (primary N) is 2. The monoisotopic (exact) mass is 1390 g/mol. The molecule has 0 radical (unpaired) electrons. The number of aromatic nitrogens is 12. The molecule has 0 fully saturated rings. The Kier molecular flexibility index (Phi) is 26.1. The number of hydrogen-bond acceptors (Lipinski definition) is 20. The van der Waals surface area contributed by atoms with Crippen LogP contribution in [0.4, 0.5) is 22.7 Å². The van der Waals surface area contributed by atoms with Gasteiger partial charge >= 0.3 is 11.4 Å². The molecule has 0 saturated heterocycles. The van der Waals surface area contributed by atoms with Gasteiger partial charge in [0.05, 0.1) is 93.2 Å². The molecule has 0 aliphatic heterocycles. The van der Waals surface area contributed by atoms with Crippen molar-refractivity contribution in [2.75, 3.05) is 25.7 Å². The number of fused-ring (bicyclic) bond motifs is 9. The molecule has 0 bridgehead atoms. The maximum atomic E-state index is 10.3. The highest BCUT2D eigenvalue weighted by molar-refractivity contribution is 6.36. The van der Waals surface area contributed by atoms with Crippen molar-refractivity contribution in [3.05, 3.63) is 239 Å². The molecular weight excluding hydrogens is 1330 g/mol. The van der Waals surface area contributed by atoms with Gasteiger partial charge in [0, 0.05) is 76.3 Å². The van der Waals surface area contributed by atoms with Gasteiger partial charge in [-0.3, -0.25) is 59.3 Å². The van der Waals surface area contributed by atoms with Gasteiger partial charge in [-0.2, -0.15) is 4.98 Å². The van der Waals surface area contributed by atoms with Crippen LogP contribution in [0.3, 0.4) is 0 Å². The number of aryl methyl sites for hydroxylation is 6. The molecule has 7 aromatic heterocycles. The van der Waals surface area contributed by atoms with Crippen LogP contribution in [0.2, 0.25) is 25.1 Å². The lowest BCUT2D eigenvalue weighted by atomic mass is 10.2. The molecule has 0 aliphatic carbocycles. The van der Waals surface area contributed by atoms with Crippen molar-refractivity contribution in [3.63, 3.8) is 0 Å². The molecule has 7 heterocycles. The van der Waals surface area contributed by atoms with E-state index in [-0.39, 0.29) is 39.1 Å². The smallest absolute Gasteiger partial charge is 0.310 e. The van der Waals surface area contributed by atoms with Crippen LogP contribution in [0.25, 0.3) is 77.0 Å². The van der Waals surface area contributed by atoms with Gasteiger partial charge in [0.25, 0.3) is 6.01 Å². The van der Waals surface area contributed by atoms with Crippen molar-refractivity contribution < 1.29 is 29.3 Å². The minimum absolute atomic E-state index is 0.0648. The third-order valence-electron chi connectivity index (χ3n) is 13.5. The Morgan fingerprint density at radius 3 is 1.44 bits per heavy atom. The predicted molar refractivity (Wildman–Crippen MR) is 379 cm³/mol. The Morgan fingerprint density at radius 2 is 0.948 bits per heavy atom. The van der Waals surface area contributed by atoms with Crippen LogP contribution in [-0.4, -0.2) is 100 Å². The van der Waals surface area contributed by atoms with Crippen LogP contribution in [0.1, 0.15) is 29.8 Å². The lowest BCUT2D eigenvalue weighted by molar-refractivity contribution is -0.383. The van der Waals surface area contributed by atoms with Crippen LogP contribution in [0, 0.1) is 34.1 Å². The standard InChI is InChI=1S/C21H16ClN5.C12H11N3O.2C9H7ClN2.2C6H5ClN2O2.C3H4O2.CH4O/c1-27-18-9-8-16-14(4-3-11-23-16)20(18)26-19(27)10-7-13-12-24-17-6-2-5-15(22)21(17)25-13;1-15-10-6-5-9-8(4-3-7-13-9)11(10)14-12(15)16-2;1-6-5-11-9-7(10)3-2-4-8(9)12-6;1-6-5-11-8-4-2-3-7(10)9(8)12-6;2*7-4-2-1-3-5(8)6(4)9(10)11;1-3(5)2-4;1-2/h2-6,8-9,11-12H,7,10H2,1H3;3-7H,1-2H3;2*2-5H,1H3;2*1-3H,8H2;2H,1H3;2H,1H3. The van der Waals surface area contributed by atoms with Gasteiger partial charge in [-0.25, -0.2) is 19.9 Å². The van der Waals surface area contributed by atoms with E-state index in [0.29, 0.717) is 21.1 Å². The normalized spacial score (nSPS) is 10.3. The summed E-state index contributed by atoms with van der Waals surface area (Å²) in [6, 6.07) is 42.4. The SMILES string of the molecule is CC(=O)C=O.CO.COc1nc2c3cccnc3ccc2n1C.Cc1cnc2c(Cl)cccc2n1.Cc1cnc2cccc(Cl)c2n1.Cn1c(CCc2cnc3cccc(Cl)c3n2)nc2c3cccnc3ccc21.Nc1cccc(Cl)c1[N+](=O)[O-].Nc1cccc(Cl)c1[N+](=O)[O-]. The largest absolute Gasteiger partial charge is 0.468 e. The summed E-state index contributed by atoms with van der Waals surface area (Å²) in [6.45, 7) is 5.02. The van der Waals surface area contributed by atoms with Crippen molar-refractivity contribution in [3.8, 4) is 6.01 Å². The quantitative estimate of drug-likeness (QED) is 0.0439. The van der Waals surface area contributed by atoms with Gasteiger partial charge in [-0.1, -0.05) is 88.3 Å². The minimum atomic E-state index is -0.600. The highest BCUT2D eigenvalue weighted by Crippen LogP contribution is 2.32. The summed E-state index contributed by atoms with van der Waals surface area (Å²) in [4.78, 5) is 82.1. The number of nitro groups is 2. The average Bonchev–Trinajstić information content (AvgIpc) is 1.63. The highest BCUT2D eigenvalue weighted by Gasteiger charge is 2.17. The van der Waals surface area contributed by atoms with Gasteiger partial charge in [0.1, 0.15) is 49.3 Å². The van der Waals surface area contributed by atoms with E-state index in [1.807, 2.05) is 129 Å². The number of Topliss-reactive ketones (excluding diaryl/α,β-unsaturated/α-hetero) is 1. The molecule has 29 heteroatoms. The number of hydrogen-bond donors (Lipinski definition) is 3. The summed E-state index contributed by atoms with van der Waals surface area (Å²) in [6.07, 6.45) is 10.7.